The minimum Gasteiger partial charge on any atom is -0.496 e. The third-order valence-electron chi connectivity index (χ3n) is 2.68. The van der Waals surface area contributed by atoms with Crippen molar-refractivity contribution in [2.24, 2.45) is 0 Å². The van der Waals surface area contributed by atoms with Crippen LogP contribution in [0.4, 0.5) is 0 Å². The first kappa shape index (κ1) is 13.4. The first-order valence-electron chi connectivity index (χ1n) is 5.33. The van der Waals surface area contributed by atoms with Crippen molar-refractivity contribution in [3.63, 3.8) is 0 Å². The molecule has 0 unspecified atom stereocenters. The molecule has 0 saturated carbocycles. The molecule has 0 heterocycles. The van der Waals surface area contributed by atoms with Gasteiger partial charge in [-0.2, -0.15) is 0 Å². The Hall–Kier alpha value is -1.07. The van der Waals surface area contributed by atoms with Crippen molar-refractivity contribution in [2.75, 3.05) is 13.4 Å². The molecule has 2 aromatic carbocycles. The maximum absolute atomic E-state index is 11.5. The molecule has 0 amide bonds. The van der Waals surface area contributed by atoms with Crippen molar-refractivity contribution in [1.82, 2.24) is 0 Å². The summed E-state index contributed by atoms with van der Waals surface area (Å²) in [5, 5.41) is 1.90. The Morgan fingerprint density at radius 3 is 2.56 bits per heavy atom. The number of fused-ring (bicyclic) bond motifs is 1. The summed E-state index contributed by atoms with van der Waals surface area (Å²) >= 11 is 3.40. The molecule has 96 valence electrons. The molecular weight excluding hydrogens is 316 g/mol. The van der Waals surface area contributed by atoms with Crippen LogP contribution in [0.1, 0.15) is 5.56 Å². The van der Waals surface area contributed by atoms with Gasteiger partial charge in [-0.3, -0.25) is 0 Å². The van der Waals surface area contributed by atoms with E-state index in [0.29, 0.717) is 11.3 Å². The second kappa shape index (κ2) is 4.90. The lowest BCUT2D eigenvalue weighted by Crippen LogP contribution is -2.03. The highest BCUT2D eigenvalue weighted by Gasteiger charge is 2.13. The van der Waals surface area contributed by atoms with Crippen LogP contribution in [0.5, 0.6) is 5.75 Å². The van der Waals surface area contributed by atoms with Crippen LogP contribution in [-0.4, -0.2) is 21.8 Å². The third-order valence-corrected chi connectivity index (χ3v) is 3.98. The Bertz CT molecular complexity index is 693. The van der Waals surface area contributed by atoms with E-state index >= 15 is 0 Å². The van der Waals surface area contributed by atoms with Gasteiger partial charge in [-0.1, -0.05) is 28.1 Å². The average molecular weight is 329 g/mol. The predicted octanol–water partition coefficient (Wildman–Crippen LogP) is 3.16. The summed E-state index contributed by atoms with van der Waals surface area (Å²) in [5.41, 5.74) is 0.713. The summed E-state index contributed by atoms with van der Waals surface area (Å²) in [6.07, 6.45) is 1.23. The number of halogens is 1. The molecule has 3 nitrogen and oxygen atoms in total. The SMILES string of the molecule is COc1ccc2cc(Br)ccc2c1CS(C)(=O)=O. The van der Waals surface area contributed by atoms with Crippen LogP contribution in [0.3, 0.4) is 0 Å². The highest BCUT2D eigenvalue weighted by molar-refractivity contribution is 9.10. The summed E-state index contributed by atoms with van der Waals surface area (Å²) in [6.45, 7) is 0. The molecule has 2 aromatic rings. The molecule has 0 N–H and O–H groups in total. The Morgan fingerprint density at radius 2 is 1.94 bits per heavy atom. The number of benzene rings is 2. The number of rotatable bonds is 3. The van der Waals surface area contributed by atoms with E-state index in [2.05, 4.69) is 15.9 Å². The summed E-state index contributed by atoms with van der Waals surface area (Å²) in [6, 6.07) is 9.48. The van der Waals surface area contributed by atoms with E-state index in [0.717, 1.165) is 15.2 Å². The van der Waals surface area contributed by atoms with Crippen LogP contribution in [-0.2, 0) is 15.6 Å². The van der Waals surface area contributed by atoms with Crippen molar-refractivity contribution in [1.29, 1.82) is 0 Å². The van der Waals surface area contributed by atoms with E-state index < -0.39 is 9.84 Å². The molecule has 0 aliphatic heterocycles. The first-order chi connectivity index (χ1) is 8.40. The molecule has 0 radical (unpaired) electrons. The standard InChI is InChI=1S/C13H13BrO3S/c1-17-13-6-3-9-7-10(14)4-5-11(9)12(13)8-18(2,15)16/h3-7H,8H2,1-2H3. The Labute approximate surface area is 115 Å². The summed E-state index contributed by atoms with van der Waals surface area (Å²) in [5.74, 6) is 0.588. The molecule has 0 atom stereocenters. The maximum Gasteiger partial charge on any atom is 0.151 e. The van der Waals surface area contributed by atoms with Gasteiger partial charge in [0.1, 0.15) is 5.75 Å². The molecule has 0 fully saturated rings. The lowest BCUT2D eigenvalue weighted by atomic mass is 10.0. The molecule has 0 bridgehead atoms. The summed E-state index contributed by atoms with van der Waals surface area (Å²) in [4.78, 5) is 0. The molecule has 18 heavy (non-hydrogen) atoms. The zero-order valence-corrected chi connectivity index (χ0v) is 12.5. The lowest BCUT2D eigenvalue weighted by molar-refractivity contribution is 0.412. The zero-order valence-electron chi connectivity index (χ0n) is 10.1. The van der Waals surface area contributed by atoms with E-state index in [9.17, 15) is 8.42 Å². The fourth-order valence-electron chi connectivity index (χ4n) is 1.95. The molecule has 0 aliphatic rings. The minimum absolute atomic E-state index is 0.0187. The third kappa shape index (κ3) is 2.84. The van der Waals surface area contributed by atoms with E-state index in [-0.39, 0.29) is 5.75 Å². The normalized spacial score (nSPS) is 11.7. The van der Waals surface area contributed by atoms with E-state index in [1.54, 1.807) is 13.2 Å². The number of sulfone groups is 1. The summed E-state index contributed by atoms with van der Waals surface area (Å²) in [7, 11) is -1.56. The fourth-order valence-corrected chi connectivity index (χ4v) is 3.15. The predicted molar refractivity (Wildman–Crippen MR) is 76.7 cm³/mol. The number of hydrogen-bond acceptors (Lipinski definition) is 3. The van der Waals surface area contributed by atoms with Crippen molar-refractivity contribution in [3.05, 3.63) is 40.4 Å². The molecule has 0 saturated heterocycles. The molecule has 5 heteroatoms. The Kier molecular flexibility index (Phi) is 3.64. The first-order valence-corrected chi connectivity index (χ1v) is 8.19. The van der Waals surface area contributed by atoms with Gasteiger partial charge in [0.05, 0.1) is 12.9 Å². The monoisotopic (exact) mass is 328 g/mol. The van der Waals surface area contributed by atoms with Gasteiger partial charge >= 0.3 is 0 Å². The van der Waals surface area contributed by atoms with Gasteiger partial charge in [-0.15, -0.1) is 0 Å². The molecule has 0 spiro atoms. The van der Waals surface area contributed by atoms with E-state index in [1.807, 2.05) is 24.3 Å². The van der Waals surface area contributed by atoms with Gasteiger partial charge in [0.2, 0.25) is 0 Å². The van der Waals surface area contributed by atoms with Crippen molar-refractivity contribution < 1.29 is 13.2 Å². The average Bonchev–Trinajstić information content (AvgIpc) is 2.27. The lowest BCUT2D eigenvalue weighted by Gasteiger charge is -2.11. The van der Waals surface area contributed by atoms with Gasteiger partial charge < -0.3 is 4.74 Å². The zero-order chi connectivity index (χ0) is 13.3. The largest absolute Gasteiger partial charge is 0.496 e. The van der Waals surface area contributed by atoms with Gasteiger partial charge in [0.15, 0.2) is 9.84 Å². The van der Waals surface area contributed by atoms with Gasteiger partial charge in [0.25, 0.3) is 0 Å². The van der Waals surface area contributed by atoms with Crippen molar-refractivity contribution in [3.8, 4) is 5.75 Å². The van der Waals surface area contributed by atoms with Crippen LogP contribution in [0.15, 0.2) is 34.8 Å². The Balaban J connectivity index is 2.73. The van der Waals surface area contributed by atoms with Gasteiger partial charge in [0, 0.05) is 16.3 Å². The molecule has 2 rings (SSSR count). The number of hydrogen-bond donors (Lipinski definition) is 0. The second-order valence-electron chi connectivity index (χ2n) is 4.18. The van der Waals surface area contributed by atoms with Crippen LogP contribution in [0, 0.1) is 0 Å². The van der Waals surface area contributed by atoms with Crippen LogP contribution >= 0.6 is 15.9 Å². The highest BCUT2D eigenvalue weighted by Crippen LogP contribution is 2.31. The van der Waals surface area contributed by atoms with Crippen LogP contribution in [0.25, 0.3) is 10.8 Å². The summed E-state index contributed by atoms with van der Waals surface area (Å²) < 4.78 is 29.2. The van der Waals surface area contributed by atoms with Crippen molar-refractivity contribution in [2.45, 2.75) is 5.75 Å². The minimum atomic E-state index is -3.10. The van der Waals surface area contributed by atoms with Crippen molar-refractivity contribution >= 4 is 36.5 Å². The Morgan fingerprint density at radius 1 is 1.22 bits per heavy atom. The number of ether oxygens (including phenoxy) is 1. The second-order valence-corrected chi connectivity index (χ2v) is 7.24. The highest BCUT2D eigenvalue weighted by atomic mass is 79.9. The van der Waals surface area contributed by atoms with E-state index in [1.165, 1.54) is 6.26 Å². The van der Waals surface area contributed by atoms with Crippen LogP contribution < -0.4 is 4.74 Å². The maximum atomic E-state index is 11.5. The van der Waals surface area contributed by atoms with Crippen LogP contribution in [0.2, 0.25) is 0 Å². The van der Waals surface area contributed by atoms with Gasteiger partial charge in [-0.25, -0.2) is 8.42 Å². The number of methoxy groups -OCH3 is 1. The molecular formula is C13H13BrO3S. The topological polar surface area (TPSA) is 43.4 Å². The smallest absolute Gasteiger partial charge is 0.151 e. The molecule has 0 aliphatic carbocycles. The molecule has 0 aromatic heterocycles. The fraction of sp³-hybridized carbons (Fsp3) is 0.231. The quantitative estimate of drug-likeness (QED) is 0.869. The van der Waals surface area contributed by atoms with E-state index in [4.69, 9.17) is 4.74 Å². The van der Waals surface area contributed by atoms with Gasteiger partial charge in [-0.05, 0) is 29.0 Å².